The number of carbonyl (C=O) groups is 4. The molecule has 55 heavy (non-hydrogen) atoms. The molecule has 0 unspecified atom stereocenters. The van der Waals surface area contributed by atoms with E-state index >= 15 is 0 Å². The van der Waals surface area contributed by atoms with Crippen LogP contribution in [-0.4, -0.2) is 53.4 Å². The SMILES string of the molecule is COC(=O)c1ccc(CCCc2ccc(NC(=O)c3c(NC(=O)c4cccc(S(=O)(=O)N(C)c5ccc(C(=O)OC)cc5)c4)sc4c3CCCC4)cc2)cc1. The van der Waals surface area contributed by atoms with Gasteiger partial charge in [0.2, 0.25) is 0 Å². The largest absolute Gasteiger partial charge is 0.465 e. The van der Waals surface area contributed by atoms with Crippen molar-refractivity contribution in [2.75, 3.05) is 36.2 Å². The van der Waals surface area contributed by atoms with E-state index in [-0.39, 0.29) is 27.9 Å². The Balaban J connectivity index is 1.12. The van der Waals surface area contributed by atoms with Gasteiger partial charge in [-0.1, -0.05) is 30.3 Å². The Morgan fingerprint density at radius 3 is 1.91 bits per heavy atom. The molecule has 1 aromatic heterocycles. The Bertz CT molecular complexity index is 2320. The van der Waals surface area contributed by atoms with Gasteiger partial charge >= 0.3 is 11.9 Å². The zero-order chi connectivity index (χ0) is 39.1. The Kier molecular flexibility index (Phi) is 12.1. The summed E-state index contributed by atoms with van der Waals surface area (Å²) in [6.45, 7) is 0. The predicted molar refractivity (Wildman–Crippen MR) is 213 cm³/mol. The molecule has 1 heterocycles. The minimum atomic E-state index is -4.08. The number of benzene rings is 4. The van der Waals surface area contributed by atoms with Crippen molar-refractivity contribution in [1.29, 1.82) is 0 Å². The highest BCUT2D eigenvalue weighted by Gasteiger charge is 2.28. The van der Waals surface area contributed by atoms with E-state index in [1.54, 1.807) is 12.1 Å². The van der Waals surface area contributed by atoms with E-state index in [1.807, 2.05) is 36.4 Å². The number of amides is 2. The van der Waals surface area contributed by atoms with Crippen molar-refractivity contribution >= 4 is 61.5 Å². The molecular formula is C42H41N3O8S2. The molecule has 0 atom stereocenters. The summed E-state index contributed by atoms with van der Waals surface area (Å²) in [5.74, 6) is -1.76. The topological polar surface area (TPSA) is 148 Å². The van der Waals surface area contributed by atoms with Crippen molar-refractivity contribution < 1.29 is 37.1 Å². The zero-order valence-electron chi connectivity index (χ0n) is 30.7. The fourth-order valence-corrected chi connectivity index (χ4v) is 8.98. The second-order valence-electron chi connectivity index (χ2n) is 13.1. The van der Waals surface area contributed by atoms with Crippen LogP contribution in [0.1, 0.15) is 82.3 Å². The van der Waals surface area contributed by atoms with E-state index in [0.717, 1.165) is 70.8 Å². The minimum absolute atomic E-state index is 0.0964. The first-order valence-electron chi connectivity index (χ1n) is 17.8. The lowest BCUT2D eigenvalue weighted by molar-refractivity contribution is 0.0592. The molecular weight excluding hydrogens is 739 g/mol. The highest BCUT2D eigenvalue weighted by molar-refractivity contribution is 7.92. The molecule has 2 amide bonds. The fraction of sp³-hybridized carbons (Fsp3) is 0.238. The number of fused-ring (bicyclic) bond motifs is 1. The second-order valence-corrected chi connectivity index (χ2v) is 16.2. The number of anilines is 3. The average Bonchev–Trinajstić information content (AvgIpc) is 3.58. The maximum Gasteiger partial charge on any atom is 0.337 e. The van der Waals surface area contributed by atoms with Crippen LogP contribution >= 0.6 is 11.3 Å². The summed E-state index contributed by atoms with van der Waals surface area (Å²) in [7, 11) is -0.0668. The molecule has 284 valence electrons. The van der Waals surface area contributed by atoms with Crippen molar-refractivity contribution in [1.82, 2.24) is 0 Å². The van der Waals surface area contributed by atoms with Crippen LogP contribution in [0.2, 0.25) is 0 Å². The smallest absolute Gasteiger partial charge is 0.337 e. The van der Waals surface area contributed by atoms with Crippen molar-refractivity contribution in [3.63, 3.8) is 0 Å². The maximum absolute atomic E-state index is 13.9. The van der Waals surface area contributed by atoms with Gasteiger partial charge in [0.25, 0.3) is 21.8 Å². The first-order valence-corrected chi connectivity index (χ1v) is 20.0. The van der Waals surface area contributed by atoms with Crippen LogP contribution in [0.4, 0.5) is 16.4 Å². The lowest BCUT2D eigenvalue weighted by Crippen LogP contribution is -2.27. The number of nitrogens with one attached hydrogen (secondary N) is 2. The van der Waals surface area contributed by atoms with Gasteiger partial charge in [-0.3, -0.25) is 13.9 Å². The number of ether oxygens (including phenoxy) is 2. The summed E-state index contributed by atoms with van der Waals surface area (Å²) in [6, 6.07) is 26.8. The molecule has 0 radical (unpaired) electrons. The number of hydrogen-bond donors (Lipinski definition) is 2. The normalized spacial score (nSPS) is 12.3. The molecule has 0 saturated heterocycles. The van der Waals surface area contributed by atoms with E-state index in [2.05, 4.69) is 10.6 Å². The number of rotatable bonds is 13. The monoisotopic (exact) mass is 779 g/mol. The quantitative estimate of drug-likeness (QED) is 0.116. The van der Waals surface area contributed by atoms with Crippen LogP contribution in [-0.2, 0) is 45.2 Å². The van der Waals surface area contributed by atoms with Crippen molar-refractivity contribution in [2.45, 2.75) is 49.8 Å². The number of nitrogens with zero attached hydrogens (tertiary/aromatic N) is 1. The molecule has 0 aliphatic heterocycles. The van der Waals surface area contributed by atoms with Crippen molar-refractivity contribution in [2.24, 2.45) is 0 Å². The average molecular weight is 780 g/mol. The minimum Gasteiger partial charge on any atom is -0.465 e. The summed E-state index contributed by atoms with van der Waals surface area (Å²) < 4.78 is 37.7. The Hall–Kier alpha value is -5.79. The van der Waals surface area contributed by atoms with Gasteiger partial charge in [-0.25, -0.2) is 18.0 Å². The molecule has 0 fully saturated rings. The highest BCUT2D eigenvalue weighted by Crippen LogP contribution is 2.39. The standard InChI is InChI=1S/C42H41N3O8S2/c1-45(33-24-20-30(21-25-33)42(49)53-3)55(50,51)34-11-7-10-31(26-34)38(46)44-40-37(35-12-4-5-13-36(35)54-40)39(47)43-32-22-16-28(17-23-32)9-6-8-27-14-18-29(19-15-27)41(48)52-2/h7,10-11,14-26H,4-6,8-9,12-13H2,1-3H3,(H,43,47)(H,44,46). The first kappa shape index (κ1) is 38.9. The van der Waals surface area contributed by atoms with Crippen molar-refractivity contribution in [3.05, 3.63) is 141 Å². The third kappa shape index (κ3) is 8.96. The summed E-state index contributed by atoms with van der Waals surface area (Å²) in [5, 5.41) is 6.35. The van der Waals surface area contributed by atoms with E-state index in [0.29, 0.717) is 27.5 Å². The van der Waals surface area contributed by atoms with Crippen LogP contribution in [0.5, 0.6) is 0 Å². The number of hydrogen-bond acceptors (Lipinski definition) is 9. The lowest BCUT2D eigenvalue weighted by Gasteiger charge is -2.20. The molecule has 0 spiro atoms. The molecule has 2 N–H and O–H groups in total. The van der Waals surface area contributed by atoms with E-state index in [4.69, 9.17) is 9.47 Å². The van der Waals surface area contributed by atoms with E-state index < -0.39 is 21.9 Å². The molecule has 1 aliphatic carbocycles. The maximum atomic E-state index is 13.9. The van der Waals surface area contributed by atoms with Crippen LogP contribution in [0.25, 0.3) is 0 Å². The Morgan fingerprint density at radius 2 is 1.29 bits per heavy atom. The summed E-state index contributed by atoms with van der Waals surface area (Å²) >= 11 is 1.38. The fourth-order valence-electron chi connectivity index (χ4n) is 6.46. The molecule has 0 saturated carbocycles. The molecule has 6 rings (SSSR count). The van der Waals surface area contributed by atoms with Gasteiger partial charge in [-0.15, -0.1) is 11.3 Å². The van der Waals surface area contributed by atoms with Gasteiger partial charge in [0.1, 0.15) is 5.00 Å². The van der Waals surface area contributed by atoms with Gasteiger partial charge in [0.15, 0.2) is 0 Å². The third-order valence-corrected chi connectivity index (χ3v) is 12.5. The lowest BCUT2D eigenvalue weighted by atomic mass is 9.95. The molecule has 13 heteroatoms. The zero-order valence-corrected chi connectivity index (χ0v) is 32.4. The molecule has 5 aromatic rings. The number of aryl methyl sites for hydroxylation is 3. The van der Waals surface area contributed by atoms with Crippen LogP contribution in [0.3, 0.4) is 0 Å². The molecule has 4 aromatic carbocycles. The molecule has 11 nitrogen and oxygen atoms in total. The van der Waals surface area contributed by atoms with Gasteiger partial charge in [0, 0.05) is 23.2 Å². The van der Waals surface area contributed by atoms with E-state index in [9.17, 15) is 27.6 Å². The molecule has 0 bridgehead atoms. The van der Waals surface area contributed by atoms with Gasteiger partial charge < -0.3 is 20.1 Å². The summed E-state index contributed by atoms with van der Waals surface area (Å²) in [5.41, 5.74) is 5.46. The number of carbonyl (C=O) groups excluding carboxylic acids is 4. The van der Waals surface area contributed by atoms with Gasteiger partial charge in [-0.05, 0) is 128 Å². The van der Waals surface area contributed by atoms with Gasteiger partial charge in [-0.2, -0.15) is 0 Å². The predicted octanol–water partition coefficient (Wildman–Crippen LogP) is 7.71. The van der Waals surface area contributed by atoms with Crippen LogP contribution in [0, 0.1) is 0 Å². The number of sulfonamides is 1. The summed E-state index contributed by atoms with van der Waals surface area (Å²) in [6.07, 6.45) is 6.04. The Labute approximate surface area is 324 Å². The third-order valence-electron chi connectivity index (χ3n) is 9.55. The van der Waals surface area contributed by atoms with Crippen LogP contribution < -0.4 is 14.9 Å². The number of thiophene rings is 1. The second kappa shape index (κ2) is 17.1. The Morgan fingerprint density at radius 1 is 0.709 bits per heavy atom. The van der Waals surface area contributed by atoms with Crippen molar-refractivity contribution in [3.8, 4) is 0 Å². The number of esters is 2. The number of methoxy groups -OCH3 is 2. The van der Waals surface area contributed by atoms with E-state index in [1.165, 1.54) is 81.1 Å². The highest BCUT2D eigenvalue weighted by atomic mass is 32.2. The first-order chi connectivity index (χ1) is 26.5. The van der Waals surface area contributed by atoms with Gasteiger partial charge in [0.05, 0.1) is 41.5 Å². The van der Waals surface area contributed by atoms with Crippen LogP contribution in [0.15, 0.2) is 102 Å². The summed E-state index contributed by atoms with van der Waals surface area (Å²) in [4.78, 5) is 52.0. The molecule has 1 aliphatic rings.